The van der Waals surface area contributed by atoms with Gasteiger partial charge in [0.1, 0.15) is 18.5 Å². The first kappa shape index (κ1) is 12.4. The third-order valence-electron chi connectivity index (χ3n) is 2.67. The lowest BCUT2D eigenvalue weighted by Gasteiger charge is -2.25. The first-order valence-electron chi connectivity index (χ1n) is 5.99. The second kappa shape index (κ2) is 6.59. The Kier molecular flexibility index (Phi) is 4.79. The lowest BCUT2D eigenvalue weighted by Crippen LogP contribution is -2.37. The molecular weight excluding hydrogens is 218 g/mol. The molecular formula is C13H19NO3. The lowest BCUT2D eigenvalue weighted by molar-refractivity contribution is -0.132. The Hall–Kier alpha value is -1.10. The summed E-state index contributed by atoms with van der Waals surface area (Å²) in [6, 6.07) is 8.03. The van der Waals surface area contributed by atoms with Crippen molar-refractivity contribution in [1.29, 1.82) is 0 Å². The van der Waals surface area contributed by atoms with Gasteiger partial charge in [-0.1, -0.05) is 12.1 Å². The Morgan fingerprint density at radius 2 is 1.94 bits per heavy atom. The van der Waals surface area contributed by atoms with Gasteiger partial charge in [0.2, 0.25) is 0 Å². The van der Waals surface area contributed by atoms with E-state index in [1.165, 1.54) is 5.56 Å². The Bertz CT molecular complexity index is 322. The minimum atomic E-state index is 0.269. The van der Waals surface area contributed by atoms with Gasteiger partial charge < -0.3 is 19.9 Å². The van der Waals surface area contributed by atoms with Gasteiger partial charge in [-0.05, 0) is 30.7 Å². The molecule has 94 valence electrons. The van der Waals surface area contributed by atoms with E-state index < -0.39 is 0 Å². The molecule has 0 spiro atoms. The van der Waals surface area contributed by atoms with Gasteiger partial charge in [0, 0.05) is 0 Å². The average Bonchev–Trinajstić information content (AvgIpc) is 2.29. The van der Waals surface area contributed by atoms with E-state index in [2.05, 4.69) is 0 Å². The van der Waals surface area contributed by atoms with Crippen LogP contribution in [0.2, 0.25) is 0 Å². The van der Waals surface area contributed by atoms with Crippen molar-refractivity contribution in [2.75, 3.05) is 33.0 Å². The van der Waals surface area contributed by atoms with Crippen molar-refractivity contribution >= 4 is 0 Å². The summed E-state index contributed by atoms with van der Waals surface area (Å²) in [4.78, 5) is 0. The summed E-state index contributed by atoms with van der Waals surface area (Å²) in [6.45, 7) is 3.30. The van der Waals surface area contributed by atoms with E-state index in [0.29, 0.717) is 33.0 Å². The van der Waals surface area contributed by atoms with E-state index in [9.17, 15) is 0 Å². The second-order valence-corrected chi connectivity index (χ2v) is 4.06. The van der Waals surface area contributed by atoms with Crippen LogP contribution >= 0.6 is 0 Å². The predicted molar refractivity (Wildman–Crippen MR) is 65.3 cm³/mol. The van der Waals surface area contributed by atoms with Gasteiger partial charge in [-0.3, -0.25) is 0 Å². The zero-order valence-corrected chi connectivity index (χ0v) is 9.93. The maximum Gasteiger partial charge on any atom is 0.119 e. The van der Waals surface area contributed by atoms with Crippen molar-refractivity contribution in [2.24, 2.45) is 5.73 Å². The molecule has 1 aromatic carbocycles. The first-order chi connectivity index (χ1) is 8.38. The molecule has 17 heavy (non-hydrogen) atoms. The van der Waals surface area contributed by atoms with Crippen molar-refractivity contribution in [3.8, 4) is 5.75 Å². The quantitative estimate of drug-likeness (QED) is 0.718. The molecule has 0 atom stereocenters. The van der Waals surface area contributed by atoms with Gasteiger partial charge >= 0.3 is 0 Å². The zero-order valence-electron chi connectivity index (χ0n) is 9.93. The van der Waals surface area contributed by atoms with Crippen molar-refractivity contribution in [3.05, 3.63) is 29.8 Å². The van der Waals surface area contributed by atoms with Gasteiger partial charge in [0.25, 0.3) is 0 Å². The SMILES string of the molecule is NCCc1ccc(OCCOC2COC2)cc1. The largest absolute Gasteiger partial charge is 0.491 e. The molecule has 4 heteroatoms. The molecule has 4 nitrogen and oxygen atoms in total. The summed E-state index contributed by atoms with van der Waals surface area (Å²) < 4.78 is 16.1. The molecule has 1 aliphatic heterocycles. The Morgan fingerprint density at radius 1 is 1.18 bits per heavy atom. The monoisotopic (exact) mass is 237 g/mol. The average molecular weight is 237 g/mol. The maximum absolute atomic E-state index is 5.56. The van der Waals surface area contributed by atoms with Crippen LogP contribution in [0.4, 0.5) is 0 Å². The van der Waals surface area contributed by atoms with E-state index in [1.54, 1.807) is 0 Å². The van der Waals surface area contributed by atoms with Crippen LogP contribution in [0.5, 0.6) is 5.75 Å². The van der Waals surface area contributed by atoms with E-state index in [1.807, 2.05) is 24.3 Å². The summed E-state index contributed by atoms with van der Waals surface area (Å²) in [6.07, 6.45) is 1.18. The molecule has 1 aromatic rings. The Morgan fingerprint density at radius 3 is 2.53 bits per heavy atom. The fourth-order valence-electron chi connectivity index (χ4n) is 1.60. The number of ether oxygens (including phenoxy) is 3. The molecule has 1 saturated heterocycles. The van der Waals surface area contributed by atoms with Crippen molar-refractivity contribution in [2.45, 2.75) is 12.5 Å². The van der Waals surface area contributed by atoms with E-state index in [0.717, 1.165) is 12.2 Å². The molecule has 1 fully saturated rings. The minimum absolute atomic E-state index is 0.269. The number of hydrogen-bond acceptors (Lipinski definition) is 4. The van der Waals surface area contributed by atoms with Gasteiger partial charge in [-0.25, -0.2) is 0 Å². The molecule has 0 amide bonds. The third-order valence-corrected chi connectivity index (χ3v) is 2.67. The van der Waals surface area contributed by atoms with Gasteiger partial charge in [0.15, 0.2) is 0 Å². The maximum atomic E-state index is 5.56. The number of hydrogen-bond donors (Lipinski definition) is 1. The van der Waals surface area contributed by atoms with Crippen LogP contribution in [0.15, 0.2) is 24.3 Å². The Labute approximate surface area is 102 Å². The molecule has 0 saturated carbocycles. The highest BCUT2D eigenvalue weighted by Crippen LogP contribution is 2.12. The summed E-state index contributed by atoms with van der Waals surface area (Å²) in [5, 5.41) is 0. The molecule has 0 unspecified atom stereocenters. The Balaban J connectivity index is 1.63. The normalized spacial score (nSPS) is 15.6. The predicted octanol–water partition coefficient (Wildman–Crippen LogP) is 0.982. The van der Waals surface area contributed by atoms with Crippen molar-refractivity contribution in [3.63, 3.8) is 0 Å². The van der Waals surface area contributed by atoms with Gasteiger partial charge in [-0.15, -0.1) is 0 Å². The molecule has 2 rings (SSSR count). The molecule has 0 aromatic heterocycles. The first-order valence-corrected chi connectivity index (χ1v) is 5.99. The third kappa shape index (κ3) is 4.00. The molecule has 1 aliphatic rings. The highest BCUT2D eigenvalue weighted by Gasteiger charge is 2.18. The van der Waals surface area contributed by atoms with Crippen molar-refractivity contribution in [1.82, 2.24) is 0 Å². The van der Waals surface area contributed by atoms with E-state index in [4.69, 9.17) is 19.9 Å². The number of benzene rings is 1. The fourth-order valence-corrected chi connectivity index (χ4v) is 1.60. The van der Waals surface area contributed by atoms with Gasteiger partial charge in [-0.2, -0.15) is 0 Å². The summed E-state index contributed by atoms with van der Waals surface area (Å²) in [5.74, 6) is 0.874. The van der Waals surface area contributed by atoms with Crippen LogP contribution in [0, 0.1) is 0 Å². The van der Waals surface area contributed by atoms with Crippen LogP contribution < -0.4 is 10.5 Å². The smallest absolute Gasteiger partial charge is 0.119 e. The zero-order chi connectivity index (χ0) is 11.9. The summed E-state index contributed by atoms with van der Waals surface area (Å²) in [5.41, 5.74) is 6.72. The highest BCUT2D eigenvalue weighted by molar-refractivity contribution is 5.27. The number of nitrogens with two attached hydrogens (primary N) is 1. The highest BCUT2D eigenvalue weighted by atomic mass is 16.6. The van der Waals surface area contributed by atoms with Crippen LogP contribution in [0.1, 0.15) is 5.56 Å². The molecule has 0 radical (unpaired) electrons. The molecule has 1 heterocycles. The summed E-state index contributed by atoms with van der Waals surface area (Å²) in [7, 11) is 0. The topological polar surface area (TPSA) is 53.7 Å². The standard InChI is InChI=1S/C13H19NO3/c14-6-5-11-1-3-12(4-2-11)16-7-8-17-13-9-15-10-13/h1-4,13H,5-10,14H2. The lowest BCUT2D eigenvalue weighted by atomic mass is 10.1. The second-order valence-electron chi connectivity index (χ2n) is 4.06. The molecule has 0 bridgehead atoms. The van der Waals surface area contributed by atoms with Crippen molar-refractivity contribution < 1.29 is 14.2 Å². The number of rotatable bonds is 7. The molecule has 0 aliphatic carbocycles. The van der Waals surface area contributed by atoms with Crippen LogP contribution in [0.25, 0.3) is 0 Å². The van der Waals surface area contributed by atoms with Crippen LogP contribution in [0.3, 0.4) is 0 Å². The van der Waals surface area contributed by atoms with Crippen LogP contribution in [-0.4, -0.2) is 39.1 Å². The van der Waals surface area contributed by atoms with Crippen LogP contribution in [-0.2, 0) is 15.9 Å². The van der Waals surface area contributed by atoms with E-state index >= 15 is 0 Å². The van der Waals surface area contributed by atoms with E-state index in [-0.39, 0.29) is 6.10 Å². The minimum Gasteiger partial charge on any atom is -0.491 e. The van der Waals surface area contributed by atoms with Gasteiger partial charge in [0.05, 0.1) is 19.8 Å². The fraction of sp³-hybridized carbons (Fsp3) is 0.538. The molecule has 2 N–H and O–H groups in total. The summed E-state index contributed by atoms with van der Waals surface area (Å²) >= 11 is 0.